The molecule has 0 radical (unpaired) electrons. The van der Waals surface area contributed by atoms with E-state index in [-0.39, 0.29) is 12.0 Å². The molecule has 32 heavy (non-hydrogen) atoms. The molecule has 3 aromatic rings. The van der Waals surface area contributed by atoms with Crippen molar-refractivity contribution in [2.24, 2.45) is 5.92 Å². The molecule has 3 heterocycles. The highest BCUT2D eigenvalue weighted by Gasteiger charge is 2.35. The third-order valence-electron chi connectivity index (χ3n) is 5.62. The molecule has 170 valence electrons. The van der Waals surface area contributed by atoms with Crippen LogP contribution in [0.15, 0.2) is 30.6 Å². The lowest BCUT2D eigenvalue weighted by atomic mass is 9.98. The molecule has 0 bridgehead atoms. The molecule has 4 rings (SSSR count). The lowest BCUT2D eigenvalue weighted by Gasteiger charge is -2.41. The molecule has 2 unspecified atom stereocenters. The van der Waals surface area contributed by atoms with Gasteiger partial charge in [-0.15, -0.1) is 0 Å². The van der Waals surface area contributed by atoms with Crippen LogP contribution in [0.4, 0.5) is 26.2 Å². The molecule has 0 saturated carbocycles. The minimum atomic E-state index is -0.872. The van der Waals surface area contributed by atoms with Crippen LogP contribution in [0.1, 0.15) is 30.7 Å². The average molecular weight is 444 g/mol. The maximum absolute atomic E-state index is 13.4. The predicted molar refractivity (Wildman–Crippen MR) is 118 cm³/mol. The van der Waals surface area contributed by atoms with Crippen LogP contribution in [-0.4, -0.2) is 44.2 Å². The summed E-state index contributed by atoms with van der Waals surface area (Å²) >= 11 is 0. The number of aryl methyl sites for hydroxylation is 1. The average Bonchev–Trinajstić information content (AvgIpc) is 3.17. The van der Waals surface area contributed by atoms with Crippen LogP contribution in [0.25, 0.3) is 0 Å². The normalized spacial score (nSPS) is 17.9. The van der Waals surface area contributed by atoms with Gasteiger partial charge >= 0.3 is 0 Å². The van der Waals surface area contributed by atoms with E-state index in [1.54, 1.807) is 10.9 Å². The number of aliphatic hydroxyl groups excluding tert-OH is 1. The Labute approximate surface area is 185 Å². The molecule has 8 nitrogen and oxygen atoms in total. The topological polar surface area (TPSA) is 91.1 Å². The Morgan fingerprint density at radius 3 is 2.69 bits per heavy atom. The Morgan fingerprint density at radius 1 is 1.19 bits per heavy atom. The van der Waals surface area contributed by atoms with Gasteiger partial charge in [0.15, 0.2) is 17.5 Å². The molecule has 1 aliphatic rings. The van der Waals surface area contributed by atoms with Gasteiger partial charge in [0.25, 0.3) is 0 Å². The Morgan fingerprint density at radius 2 is 1.97 bits per heavy atom. The molecule has 2 atom stereocenters. The van der Waals surface area contributed by atoms with Crippen molar-refractivity contribution in [3.8, 4) is 0 Å². The first kappa shape index (κ1) is 21.9. The molecular weight excluding hydrogens is 416 g/mol. The standard InChI is InChI=1S/C22H27F2N7O/c1-12(2)19-21(32)28-18-13(3)27-22(29-20(18)30(19)4)25-8-15-9-26-31(11-15)10-14-5-6-16(23)17(24)7-14/h5-7,9,11-12,19,21,28,32H,8,10H2,1-4H3,(H,25,27,29). The Hall–Kier alpha value is -3.27. The van der Waals surface area contributed by atoms with E-state index in [1.165, 1.54) is 12.1 Å². The number of nitrogens with zero attached hydrogens (tertiary/aromatic N) is 5. The van der Waals surface area contributed by atoms with E-state index < -0.39 is 17.9 Å². The molecule has 1 aromatic carbocycles. The monoisotopic (exact) mass is 443 g/mol. The number of hydrogen-bond donors (Lipinski definition) is 3. The number of aliphatic hydroxyl groups is 1. The highest BCUT2D eigenvalue weighted by atomic mass is 19.2. The Kier molecular flexibility index (Phi) is 5.96. The highest BCUT2D eigenvalue weighted by molar-refractivity contribution is 5.72. The summed E-state index contributed by atoms with van der Waals surface area (Å²) in [6.07, 6.45) is 2.84. The molecule has 0 aliphatic carbocycles. The first-order valence-corrected chi connectivity index (χ1v) is 10.5. The first-order valence-electron chi connectivity index (χ1n) is 10.5. The van der Waals surface area contributed by atoms with E-state index in [0.29, 0.717) is 24.6 Å². The molecule has 3 N–H and O–H groups in total. The third-order valence-corrected chi connectivity index (χ3v) is 5.62. The SMILES string of the molecule is Cc1nc(NCc2cnn(Cc3ccc(F)c(F)c3)c2)nc2c1NC(O)C(C(C)C)N2C. The fourth-order valence-electron chi connectivity index (χ4n) is 4.05. The summed E-state index contributed by atoms with van der Waals surface area (Å²) in [6, 6.07) is 3.71. The van der Waals surface area contributed by atoms with Crippen molar-refractivity contribution in [1.82, 2.24) is 19.7 Å². The zero-order valence-electron chi connectivity index (χ0n) is 18.5. The van der Waals surface area contributed by atoms with Gasteiger partial charge in [0.1, 0.15) is 11.9 Å². The Bertz CT molecular complexity index is 1120. The lowest BCUT2D eigenvalue weighted by Crippen LogP contribution is -2.52. The summed E-state index contributed by atoms with van der Waals surface area (Å²) in [6.45, 7) is 6.77. The summed E-state index contributed by atoms with van der Waals surface area (Å²) in [4.78, 5) is 11.1. The van der Waals surface area contributed by atoms with Crippen LogP contribution >= 0.6 is 0 Å². The number of hydrogen-bond acceptors (Lipinski definition) is 7. The number of likely N-dealkylation sites (N-methyl/N-ethyl adjacent to an activating group) is 1. The van der Waals surface area contributed by atoms with Crippen molar-refractivity contribution in [3.63, 3.8) is 0 Å². The van der Waals surface area contributed by atoms with Crippen molar-refractivity contribution in [2.75, 3.05) is 22.6 Å². The fraction of sp³-hybridized carbons (Fsp3) is 0.409. The van der Waals surface area contributed by atoms with E-state index in [2.05, 4.69) is 39.5 Å². The first-order chi connectivity index (χ1) is 15.2. The third kappa shape index (κ3) is 4.36. The molecule has 10 heteroatoms. The number of benzene rings is 1. The predicted octanol–water partition coefficient (Wildman–Crippen LogP) is 3.12. The van der Waals surface area contributed by atoms with Gasteiger partial charge in [-0.2, -0.15) is 10.1 Å². The van der Waals surface area contributed by atoms with Crippen LogP contribution in [0, 0.1) is 24.5 Å². The van der Waals surface area contributed by atoms with Crippen LogP contribution in [0.2, 0.25) is 0 Å². The van der Waals surface area contributed by atoms with Gasteiger partial charge in [-0.25, -0.2) is 13.8 Å². The van der Waals surface area contributed by atoms with Crippen molar-refractivity contribution in [1.29, 1.82) is 0 Å². The lowest BCUT2D eigenvalue weighted by molar-refractivity contribution is 0.142. The van der Waals surface area contributed by atoms with Gasteiger partial charge in [0.2, 0.25) is 5.95 Å². The quantitative estimate of drug-likeness (QED) is 0.539. The molecular formula is C22H27F2N7O. The summed E-state index contributed by atoms with van der Waals surface area (Å²) in [5.74, 6) is -0.305. The Balaban J connectivity index is 1.46. The van der Waals surface area contributed by atoms with Crippen molar-refractivity contribution >= 4 is 17.5 Å². The number of nitrogens with one attached hydrogen (secondary N) is 2. The molecule has 0 fully saturated rings. The van der Waals surface area contributed by atoms with Gasteiger partial charge in [0, 0.05) is 25.4 Å². The van der Waals surface area contributed by atoms with Crippen LogP contribution in [0.3, 0.4) is 0 Å². The largest absolute Gasteiger partial charge is 0.372 e. The number of fused-ring (bicyclic) bond motifs is 1. The second kappa shape index (κ2) is 8.70. The molecule has 0 spiro atoms. The maximum atomic E-state index is 13.4. The van der Waals surface area contributed by atoms with E-state index in [1.807, 2.05) is 25.1 Å². The number of rotatable bonds is 6. The minimum Gasteiger partial charge on any atom is -0.372 e. The molecule has 0 saturated heterocycles. The second-order valence-corrected chi connectivity index (χ2v) is 8.41. The summed E-state index contributed by atoms with van der Waals surface area (Å²) < 4.78 is 28.2. The number of halogens is 2. The van der Waals surface area contributed by atoms with E-state index in [4.69, 9.17) is 0 Å². The molecule has 1 aliphatic heterocycles. The van der Waals surface area contributed by atoms with Crippen LogP contribution < -0.4 is 15.5 Å². The smallest absolute Gasteiger partial charge is 0.225 e. The van der Waals surface area contributed by atoms with Gasteiger partial charge in [-0.3, -0.25) is 4.68 Å². The van der Waals surface area contributed by atoms with E-state index >= 15 is 0 Å². The summed E-state index contributed by atoms with van der Waals surface area (Å²) in [7, 11) is 1.92. The van der Waals surface area contributed by atoms with Crippen molar-refractivity contribution in [2.45, 2.75) is 46.1 Å². The summed E-state index contributed by atoms with van der Waals surface area (Å²) in [5.41, 5.74) is 2.98. The van der Waals surface area contributed by atoms with E-state index in [9.17, 15) is 13.9 Å². The van der Waals surface area contributed by atoms with Gasteiger partial charge in [0.05, 0.1) is 24.5 Å². The maximum Gasteiger partial charge on any atom is 0.225 e. The highest BCUT2D eigenvalue weighted by Crippen LogP contribution is 2.35. The van der Waals surface area contributed by atoms with Crippen molar-refractivity contribution < 1.29 is 13.9 Å². The van der Waals surface area contributed by atoms with Crippen molar-refractivity contribution in [3.05, 3.63) is 59.0 Å². The molecule has 2 aromatic heterocycles. The van der Waals surface area contributed by atoms with Crippen LogP contribution in [-0.2, 0) is 13.1 Å². The van der Waals surface area contributed by atoms with Gasteiger partial charge in [-0.05, 0) is 30.5 Å². The fourth-order valence-corrected chi connectivity index (χ4v) is 4.05. The molecule has 0 amide bonds. The zero-order chi connectivity index (χ0) is 23.0. The minimum absolute atomic E-state index is 0.112. The van der Waals surface area contributed by atoms with Gasteiger partial charge in [-0.1, -0.05) is 19.9 Å². The second-order valence-electron chi connectivity index (χ2n) is 8.41. The van der Waals surface area contributed by atoms with Gasteiger partial charge < -0.3 is 20.6 Å². The summed E-state index contributed by atoms with van der Waals surface area (Å²) in [5, 5.41) is 21.1. The van der Waals surface area contributed by atoms with Crippen LogP contribution in [0.5, 0.6) is 0 Å². The zero-order valence-corrected chi connectivity index (χ0v) is 18.5. The van der Waals surface area contributed by atoms with E-state index in [0.717, 1.165) is 28.8 Å². The number of aromatic nitrogens is 4. The number of anilines is 3.